The van der Waals surface area contributed by atoms with E-state index < -0.39 is 10.0 Å². The number of hydrogen-bond acceptors (Lipinski definition) is 5. The van der Waals surface area contributed by atoms with Crippen molar-refractivity contribution < 1.29 is 13.2 Å². The molecule has 0 saturated carbocycles. The number of amides is 1. The molecule has 0 N–H and O–H groups in total. The van der Waals surface area contributed by atoms with Crippen molar-refractivity contribution in [2.45, 2.75) is 31.6 Å². The van der Waals surface area contributed by atoms with E-state index >= 15 is 0 Å². The first-order valence-electron chi connectivity index (χ1n) is 10.5. The van der Waals surface area contributed by atoms with Crippen LogP contribution in [0.5, 0.6) is 0 Å². The number of hydrogen-bond donors (Lipinski definition) is 0. The Morgan fingerprint density at radius 1 is 1.09 bits per heavy atom. The van der Waals surface area contributed by atoms with Gasteiger partial charge in [0.2, 0.25) is 10.0 Å². The van der Waals surface area contributed by atoms with Crippen LogP contribution in [0.1, 0.15) is 41.5 Å². The van der Waals surface area contributed by atoms with Crippen molar-refractivity contribution in [3.8, 4) is 0 Å². The summed E-state index contributed by atoms with van der Waals surface area (Å²) in [5.41, 5.74) is 2.82. The minimum absolute atomic E-state index is 0.126. The lowest BCUT2D eigenvalue weighted by Gasteiger charge is -2.34. The molecule has 0 aliphatic carbocycles. The Morgan fingerprint density at radius 2 is 1.72 bits per heavy atom. The molecule has 0 radical (unpaired) electrons. The summed E-state index contributed by atoms with van der Waals surface area (Å²) >= 11 is 5.88. The van der Waals surface area contributed by atoms with E-state index in [9.17, 15) is 13.2 Å². The Balaban J connectivity index is 1.59. The molecule has 1 saturated heterocycles. The monoisotopic (exact) mass is 475 g/mol. The Bertz CT molecular complexity index is 1280. The van der Waals surface area contributed by atoms with E-state index in [4.69, 9.17) is 16.6 Å². The molecule has 170 valence electrons. The predicted octanol–water partition coefficient (Wildman–Crippen LogP) is 3.20. The first-order valence-corrected chi connectivity index (χ1v) is 12.3. The number of carbonyl (C=O) groups is 1. The lowest BCUT2D eigenvalue weighted by atomic mass is 10.0. The van der Waals surface area contributed by atoms with Crippen LogP contribution in [0.3, 0.4) is 0 Å². The number of fused-ring (bicyclic) bond motifs is 1. The van der Waals surface area contributed by atoms with Crippen LogP contribution < -0.4 is 0 Å². The normalized spacial score (nSPS) is 15.6. The summed E-state index contributed by atoms with van der Waals surface area (Å²) in [6, 6.07) is 7.97. The molecule has 1 amide bonds. The third kappa shape index (κ3) is 4.00. The van der Waals surface area contributed by atoms with Gasteiger partial charge in [-0.25, -0.2) is 13.4 Å². The topological polar surface area (TPSA) is 88.4 Å². The van der Waals surface area contributed by atoms with E-state index in [2.05, 4.69) is 5.10 Å². The van der Waals surface area contributed by atoms with Crippen LogP contribution in [0.15, 0.2) is 35.2 Å². The van der Waals surface area contributed by atoms with Gasteiger partial charge in [0, 0.05) is 43.9 Å². The van der Waals surface area contributed by atoms with E-state index in [1.54, 1.807) is 21.7 Å². The molecular weight excluding hydrogens is 450 g/mol. The van der Waals surface area contributed by atoms with Gasteiger partial charge < -0.3 is 4.90 Å². The number of benzene rings is 1. The molecule has 0 spiro atoms. The maximum atomic E-state index is 13.5. The standard InChI is InChI=1S/C22H26ClN5O3S/c1-14(2)19-13-18(20-15(3)25-26(4)21(20)24-19)22(29)27-9-11-28(12-10-27)32(30,31)17-7-5-16(23)6-8-17/h5-8,13-14H,9-12H2,1-4H3. The Kier molecular flexibility index (Phi) is 6.00. The van der Waals surface area contributed by atoms with Crippen LogP contribution in [0.2, 0.25) is 5.02 Å². The van der Waals surface area contributed by atoms with Gasteiger partial charge in [-0.2, -0.15) is 9.40 Å². The highest BCUT2D eigenvalue weighted by Crippen LogP contribution is 2.27. The lowest BCUT2D eigenvalue weighted by Crippen LogP contribution is -2.50. The highest BCUT2D eigenvalue weighted by Gasteiger charge is 2.31. The molecule has 4 rings (SSSR count). The van der Waals surface area contributed by atoms with E-state index in [1.165, 1.54) is 16.4 Å². The zero-order valence-electron chi connectivity index (χ0n) is 18.5. The maximum absolute atomic E-state index is 13.5. The number of nitrogens with zero attached hydrogens (tertiary/aromatic N) is 5. The number of halogens is 1. The third-order valence-electron chi connectivity index (χ3n) is 5.79. The number of sulfonamides is 1. The summed E-state index contributed by atoms with van der Waals surface area (Å²) in [4.78, 5) is 20.1. The molecule has 8 nitrogen and oxygen atoms in total. The largest absolute Gasteiger partial charge is 0.336 e. The Morgan fingerprint density at radius 3 is 2.31 bits per heavy atom. The minimum Gasteiger partial charge on any atom is -0.336 e. The Hall–Kier alpha value is -2.49. The van der Waals surface area contributed by atoms with Gasteiger partial charge in [0.25, 0.3) is 5.91 Å². The number of carbonyl (C=O) groups excluding carboxylic acids is 1. The smallest absolute Gasteiger partial charge is 0.254 e. The SMILES string of the molecule is Cc1nn(C)c2nc(C(C)C)cc(C(=O)N3CCN(S(=O)(=O)c4ccc(Cl)cc4)CC3)c12. The number of aromatic nitrogens is 3. The average Bonchev–Trinajstić information content (AvgIpc) is 3.06. The van der Waals surface area contributed by atoms with E-state index in [-0.39, 0.29) is 29.8 Å². The zero-order chi connectivity index (χ0) is 23.2. The summed E-state index contributed by atoms with van der Waals surface area (Å²) < 4.78 is 29.0. The first-order chi connectivity index (χ1) is 15.1. The summed E-state index contributed by atoms with van der Waals surface area (Å²) in [7, 11) is -1.81. The average molecular weight is 476 g/mol. The first kappa shape index (κ1) is 22.7. The Labute approximate surface area is 192 Å². The molecule has 3 aromatic rings. The van der Waals surface area contributed by atoms with Gasteiger partial charge in [-0.3, -0.25) is 9.48 Å². The van der Waals surface area contributed by atoms with Crippen LogP contribution >= 0.6 is 11.6 Å². The number of piperazine rings is 1. The quantitative estimate of drug-likeness (QED) is 0.578. The van der Waals surface area contributed by atoms with Crippen molar-refractivity contribution in [2.75, 3.05) is 26.2 Å². The molecule has 10 heteroatoms. The van der Waals surface area contributed by atoms with E-state index in [0.717, 1.165) is 16.8 Å². The molecule has 1 aliphatic heterocycles. The van der Waals surface area contributed by atoms with Crippen molar-refractivity contribution >= 4 is 38.6 Å². The summed E-state index contributed by atoms with van der Waals surface area (Å²) in [6.07, 6.45) is 0. The molecule has 1 aliphatic rings. The van der Waals surface area contributed by atoms with Crippen LogP contribution in [0, 0.1) is 6.92 Å². The van der Waals surface area contributed by atoms with Gasteiger partial charge in [-0.05, 0) is 43.2 Å². The second kappa shape index (κ2) is 8.46. The summed E-state index contributed by atoms with van der Waals surface area (Å²) in [5.74, 6) is 0.0291. The van der Waals surface area contributed by atoms with Crippen molar-refractivity contribution in [1.82, 2.24) is 24.0 Å². The predicted molar refractivity (Wildman–Crippen MR) is 123 cm³/mol. The van der Waals surface area contributed by atoms with Crippen molar-refractivity contribution in [3.63, 3.8) is 0 Å². The van der Waals surface area contributed by atoms with Gasteiger partial charge in [0.05, 0.1) is 21.5 Å². The number of rotatable bonds is 4. The second-order valence-electron chi connectivity index (χ2n) is 8.31. The van der Waals surface area contributed by atoms with Gasteiger partial charge in [-0.15, -0.1) is 0 Å². The summed E-state index contributed by atoms with van der Waals surface area (Å²) in [6.45, 7) is 7.02. The maximum Gasteiger partial charge on any atom is 0.254 e. The van der Waals surface area contributed by atoms with Crippen molar-refractivity contribution in [1.29, 1.82) is 0 Å². The lowest BCUT2D eigenvalue weighted by molar-refractivity contribution is 0.0699. The molecule has 1 fully saturated rings. The molecule has 0 atom stereocenters. The fraction of sp³-hybridized carbons (Fsp3) is 0.409. The van der Waals surface area contributed by atoms with Gasteiger partial charge in [-0.1, -0.05) is 25.4 Å². The number of pyridine rings is 1. The molecule has 2 aromatic heterocycles. The fourth-order valence-corrected chi connectivity index (χ4v) is 5.53. The fourth-order valence-electron chi connectivity index (χ4n) is 3.99. The molecule has 32 heavy (non-hydrogen) atoms. The van der Waals surface area contributed by atoms with Gasteiger partial charge >= 0.3 is 0 Å². The van der Waals surface area contributed by atoms with Crippen LogP contribution in [0.4, 0.5) is 0 Å². The molecule has 3 heterocycles. The van der Waals surface area contributed by atoms with Gasteiger partial charge in [0.1, 0.15) is 0 Å². The van der Waals surface area contributed by atoms with E-state index in [0.29, 0.717) is 29.3 Å². The minimum atomic E-state index is -3.64. The highest BCUT2D eigenvalue weighted by molar-refractivity contribution is 7.89. The van der Waals surface area contributed by atoms with Crippen molar-refractivity contribution in [3.05, 3.63) is 52.3 Å². The number of aryl methyl sites for hydroxylation is 2. The highest BCUT2D eigenvalue weighted by atomic mass is 35.5. The van der Waals surface area contributed by atoms with Crippen molar-refractivity contribution in [2.24, 2.45) is 7.05 Å². The third-order valence-corrected chi connectivity index (χ3v) is 7.95. The molecular formula is C22H26ClN5O3S. The second-order valence-corrected chi connectivity index (χ2v) is 10.7. The molecule has 0 unspecified atom stereocenters. The summed E-state index contributed by atoms with van der Waals surface area (Å²) in [5, 5.41) is 5.68. The van der Waals surface area contributed by atoms with Crippen LogP contribution in [-0.4, -0.2) is 64.5 Å². The van der Waals surface area contributed by atoms with Gasteiger partial charge in [0.15, 0.2) is 5.65 Å². The zero-order valence-corrected chi connectivity index (χ0v) is 20.1. The molecule has 0 bridgehead atoms. The van der Waals surface area contributed by atoms with Crippen LogP contribution in [-0.2, 0) is 17.1 Å². The van der Waals surface area contributed by atoms with Crippen LogP contribution in [0.25, 0.3) is 11.0 Å². The molecule has 1 aromatic carbocycles. The van der Waals surface area contributed by atoms with E-state index in [1.807, 2.05) is 33.9 Å².